The fourth-order valence-electron chi connectivity index (χ4n) is 4.50. The van der Waals surface area contributed by atoms with Gasteiger partial charge in [-0.05, 0) is 44.7 Å². The van der Waals surface area contributed by atoms with Gasteiger partial charge in [0.2, 0.25) is 17.8 Å². The van der Waals surface area contributed by atoms with Crippen molar-refractivity contribution in [2.24, 2.45) is 5.92 Å². The van der Waals surface area contributed by atoms with E-state index in [-0.39, 0.29) is 30.4 Å². The van der Waals surface area contributed by atoms with E-state index < -0.39 is 0 Å². The molecule has 1 N–H and O–H groups in total. The Labute approximate surface area is 211 Å². The van der Waals surface area contributed by atoms with Crippen molar-refractivity contribution >= 4 is 17.8 Å². The first kappa shape index (κ1) is 24.1. The Bertz CT molecular complexity index is 1200. The predicted molar refractivity (Wildman–Crippen MR) is 137 cm³/mol. The van der Waals surface area contributed by atoms with E-state index in [1.54, 1.807) is 4.90 Å². The van der Waals surface area contributed by atoms with Crippen LogP contribution in [0.1, 0.15) is 32.6 Å². The van der Waals surface area contributed by atoms with Crippen LogP contribution in [0, 0.1) is 5.92 Å². The summed E-state index contributed by atoms with van der Waals surface area (Å²) < 4.78 is 13.3. The molecule has 0 bridgehead atoms. The van der Waals surface area contributed by atoms with Crippen LogP contribution in [0.15, 0.2) is 60.8 Å². The van der Waals surface area contributed by atoms with Crippen LogP contribution in [0.3, 0.4) is 0 Å². The van der Waals surface area contributed by atoms with Crippen molar-refractivity contribution in [3.8, 4) is 22.7 Å². The Hall–Kier alpha value is -3.65. The number of imidazole rings is 1. The van der Waals surface area contributed by atoms with Crippen molar-refractivity contribution in [2.45, 2.75) is 38.7 Å². The normalized spacial score (nSPS) is 17.1. The van der Waals surface area contributed by atoms with Crippen molar-refractivity contribution in [2.75, 3.05) is 31.6 Å². The average molecular weight is 489 g/mol. The SMILES string of the molecule is CCOc1cccc(-n2cc(-c3ccccc3)nc2NC(=O)CN(C[C@H]2CCCO2)C(=O)C2CC2)c1. The van der Waals surface area contributed by atoms with Crippen LogP contribution >= 0.6 is 0 Å². The van der Waals surface area contributed by atoms with Gasteiger partial charge in [-0.3, -0.25) is 19.5 Å². The van der Waals surface area contributed by atoms with E-state index in [1.807, 2.05) is 72.3 Å². The van der Waals surface area contributed by atoms with E-state index in [9.17, 15) is 9.59 Å². The van der Waals surface area contributed by atoms with Gasteiger partial charge in [-0.15, -0.1) is 0 Å². The minimum atomic E-state index is -0.283. The third kappa shape index (κ3) is 5.76. The number of carbonyl (C=O) groups excluding carboxylic acids is 2. The second kappa shape index (κ2) is 11.0. The van der Waals surface area contributed by atoms with E-state index in [4.69, 9.17) is 14.5 Å². The summed E-state index contributed by atoms with van der Waals surface area (Å²) in [7, 11) is 0. The summed E-state index contributed by atoms with van der Waals surface area (Å²) in [5.74, 6) is 0.920. The number of rotatable bonds is 10. The molecule has 0 spiro atoms. The number of nitrogens with zero attached hydrogens (tertiary/aromatic N) is 3. The van der Waals surface area contributed by atoms with Crippen molar-refractivity contribution in [1.29, 1.82) is 0 Å². The highest BCUT2D eigenvalue weighted by molar-refractivity contribution is 5.94. The molecule has 1 aliphatic carbocycles. The standard InChI is InChI=1S/C28H32N4O4/c1-2-35-23-11-6-10-22(16-23)32-18-25(20-8-4-3-5-9-20)29-28(32)30-26(33)19-31(27(34)21-13-14-21)17-24-12-7-15-36-24/h3-6,8-11,16,18,21,24H,2,7,12-15,17,19H2,1H3,(H,29,30,33)/t24-/m1/s1. The maximum absolute atomic E-state index is 13.2. The lowest BCUT2D eigenvalue weighted by atomic mass is 10.2. The van der Waals surface area contributed by atoms with Gasteiger partial charge < -0.3 is 14.4 Å². The third-order valence-electron chi connectivity index (χ3n) is 6.45. The topological polar surface area (TPSA) is 85.7 Å². The Morgan fingerprint density at radius 2 is 1.97 bits per heavy atom. The highest BCUT2D eigenvalue weighted by atomic mass is 16.5. The molecule has 2 aromatic carbocycles. The third-order valence-corrected chi connectivity index (χ3v) is 6.45. The lowest BCUT2D eigenvalue weighted by Gasteiger charge is -2.25. The minimum absolute atomic E-state index is 0.00604. The minimum Gasteiger partial charge on any atom is -0.494 e. The second-order valence-corrected chi connectivity index (χ2v) is 9.29. The van der Waals surface area contributed by atoms with E-state index in [2.05, 4.69) is 5.32 Å². The average Bonchev–Trinajstić information content (AvgIpc) is 3.46. The van der Waals surface area contributed by atoms with Gasteiger partial charge in [0.05, 0.1) is 24.1 Å². The zero-order valence-corrected chi connectivity index (χ0v) is 20.6. The molecular weight excluding hydrogens is 456 g/mol. The van der Waals surface area contributed by atoms with Crippen molar-refractivity contribution < 1.29 is 19.1 Å². The van der Waals surface area contributed by atoms with Gasteiger partial charge in [-0.1, -0.05) is 36.4 Å². The van der Waals surface area contributed by atoms with E-state index in [0.717, 1.165) is 48.4 Å². The molecule has 8 nitrogen and oxygen atoms in total. The predicted octanol–water partition coefficient (Wildman–Crippen LogP) is 4.29. The highest BCUT2D eigenvalue weighted by Crippen LogP contribution is 2.32. The maximum Gasteiger partial charge on any atom is 0.246 e. The summed E-state index contributed by atoms with van der Waals surface area (Å²) >= 11 is 0. The summed E-state index contributed by atoms with van der Waals surface area (Å²) in [6.07, 6.45) is 5.58. The number of anilines is 1. The van der Waals surface area contributed by atoms with Gasteiger partial charge in [0.15, 0.2) is 0 Å². The van der Waals surface area contributed by atoms with Crippen LogP contribution in [0.5, 0.6) is 5.75 Å². The van der Waals surface area contributed by atoms with Crippen LogP contribution in [0.25, 0.3) is 16.9 Å². The van der Waals surface area contributed by atoms with Crippen LogP contribution in [-0.4, -0.2) is 58.7 Å². The number of aromatic nitrogens is 2. The molecule has 0 unspecified atom stereocenters. The maximum atomic E-state index is 13.2. The Morgan fingerprint density at radius 1 is 1.14 bits per heavy atom. The van der Waals surface area contributed by atoms with Crippen LogP contribution in [0.2, 0.25) is 0 Å². The number of amides is 2. The fraction of sp³-hybridized carbons (Fsp3) is 0.393. The highest BCUT2D eigenvalue weighted by Gasteiger charge is 2.35. The molecule has 2 fully saturated rings. The van der Waals surface area contributed by atoms with Gasteiger partial charge in [-0.25, -0.2) is 4.98 Å². The first-order valence-electron chi connectivity index (χ1n) is 12.7. The molecule has 188 valence electrons. The number of nitrogens with one attached hydrogen (secondary N) is 1. The number of carbonyl (C=O) groups is 2. The first-order valence-corrected chi connectivity index (χ1v) is 12.7. The zero-order valence-electron chi connectivity index (χ0n) is 20.6. The largest absolute Gasteiger partial charge is 0.494 e. The summed E-state index contributed by atoms with van der Waals surface area (Å²) in [4.78, 5) is 32.5. The molecule has 3 aromatic rings. The van der Waals surface area contributed by atoms with Gasteiger partial charge in [-0.2, -0.15) is 0 Å². The molecule has 2 heterocycles. The Kier molecular flexibility index (Phi) is 7.32. The molecule has 0 radical (unpaired) electrons. The first-order chi connectivity index (χ1) is 17.6. The van der Waals surface area contributed by atoms with E-state index in [0.29, 0.717) is 25.7 Å². The quantitative estimate of drug-likeness (QED) is 0.460. The van der Waals surface area contributed by atoms with Crippen molar-refractivity contribution in [1.82, 2.24) is 14.5 Å². The number of hydrogen-bond donors (Lipinski definition) is 1. The summed E-state index contributed by atoms with van der Waals surface area (Å²) in [5.41, 5.74) is 2.49. The summed E-state index contributed by atoms with van der Waals surface area (Å²) in [6, 6.07) is 17.5. The summed E-state index contributed by atoms with van der Waals surface area (Å²) in [6.45, 7) is 3.63. The number of ether oxygens (including phenoxy) is 2. The molecule has 8 heteroatoms. The molecule has 1 saturated heterocycles. The number of benzene rings is 2. The second-order valence-electron chi connectivity index (χ2n) is 9.29. The number of hydrogen-bond acceptors (Lipinski definition) is 5. The molecule has 2 amide bonds. The Morgan fingerprint density at radius 3 is 2.69 bits per heavy atom. The van der Waals surface area contributed by atoms with Crippen LogP contribution < -0.4 is 10.1 Å². The molecule has 5 rings (SSSR count). The monoisotopic (exact) mass is 488 g/mol. The van der Waals surface area contributed by atoms with Crippen molar-refractivity contribution in [3.63, 3.8) is 0 Å². The van der Waals surface area contributed by atoms with E-state index >= 15 is 0 Å². The van der Waals surface area contributed by atoms with Gasteiger partial charge in [0, 0.05) is 36.9 Å². The van der Waals surface area contributed by atoms with Crippen LogP contribution in [-0.2, 0) is 14.3 Å². The molecular formula is C28H32N4O4. The molecule has 1 saturated carbocycles. The summed E-state index contributed by atoms with van der Waals surface area (Å²) in [5, 5.41) is 2.96. The molecule has 2 aliphatic rings. The molecule has 1 atom stereocenters. The molecule has 36 heavy (non-hydrogen) atoms. The van der Waals surface area contributed by atoms with Crippen molar-refractivity contribution in [3.05, 3.63) is 60.8 Å². The fourth-order valence-corrected chi connectivity index (χ4v) is 4.50. The van der Waals surface area contributed by atoms with E-state index in [1.165, 1.54) is 0 Å². The zero-order chi connectivity index (χ0) is 24.9. The molecule has 1 aromatic heterocycles. The van der Waals surface area contributed by atoms with Gasteiger partial charge in [0.25, 0.3) is 0 Å². The lowest BCUT2D eigenvalue weighted by Crippen LogP contribution is -2.43. The smallest absolute Gasteiger partial charge is 0.246 e. The Balaban J connectivity index is 1.39. The van der Waals surface area contributed by atoms with Gasteiger partial charge >= 0.3 is 0 Å². The lowest BCUT2D eigenvalue weighted by molar-refractivity contribution is -0.137. The van der Waals surface area contributed by atoms with Gasteiger partial charge in [0.1, 0.15) is 12.3 Å². The van der Waals surface area contributed by atoms with Crippen LogP contribution in [0.4, 0.5) is 5.95 Å². The molecule has 1 aliphatic heterocycles.